The third-order valence-corrected chi connectivity index (χ3v) is 13.2. The highest BCUT2D eigenvalue weighted by atomic mass is 31.2. The number of hydrogen-bond acceptors (Lipinski definition) is 3. The number of aromatic nitrogens is 3. The van der Waals surface area contributed by atoms with Gasteiger partial charge in [0.2, 0.25) is 0 Å². The van der Waals surface area contributed by atoms with Gasteiger partial charge < -0.3 is 0 Å². The highest BCUT2D eigenvalue weighted by Crippen LogP contribution is 2.53. The van der Waals surface area contributed by atoms with Crippen molar-refractivity contribution in [2.75, 3.05) is 0 Å². The van der Waals surface area contributed by atoms with Crippen molar-refractivity contribution in [2.24, 2.45) is 0 Å². The molecule has 1 aliphatic rings. The van der Waals surface area contributed by atoms with Gasteiger partial charge in [-0.05, 0) is 94.8 Å². The standard InChI is InChI=1S/C40H34F2N3P/c1-46(35-10-4-2-5-11-35,36-12-6-3-7-13-36)37-14-8-9-32(27-37)28-15-17-29(18-16-28)38-43-39(30-19-23-33(41)24-20-30)45-40(44-38)31-21-25-34(42)26-22-31/h2,4-5,8-11,14-27,36H,1,3,6-7,12-13H2. The molecule has 0 N–H and O–H groups in total. The van der Waals surface area contributed by atoms with Crippen LogP contribution >= 0.6 is 6.89 Å². The van der Waals surface area contributed by atoms with Gasteiger partial charge in [-0.2, -0.15) is 0 Å². The van der Waals surface area contributed by atoms with Crippen LogP contribution in [-0.4, -0.2) is 26.9 Å². The zero-order valence-electron chi connectivity index (χ0n) is 25.5. The molecular weight excluding hydrogens is 591 g/mol. The maximum Gasteiger partial charge on any atom is 0.164 e. The number of hydrogen-bond donors (Lipinski definition) is 0. The van der Waals surface area contributed by atoms with Gasteiger partial charge in [-0.3, -0.25) is 0 Å². The van der Waals surface area contributed by atoms with Crippen LogP contribution in [0.15, 0.2) is 127 Å². The van der Waals surface area contributed by atoms with E-state index in [2.05, 4.69) is 71.7 Å². The predicted molar refractivity (Wildman–Crippen MR) is 188 cm³/mol. The molecule has 1 heterocycles. The molecule has 228 valence electrons. The van der Waals surface area contributed by atoms with Gasteiger partial charge in [0.05, 0.1) is 0 Å². The van der Waals surface area contributed by atoms with E-state index in [0.717, 1.165) is 16.7 Å². The lowest BCUT2D eigenvalue weighted by Crippen LogP contribution is -2.28. The molecule has 6 aromatic rings. The topological polar surface area (TPSA) is 38.7 Å². The molecule has 1 saturated carbocycles. The predicted octanol–water partition coefficient (Wildman–Crippen LogP) is 9.55. The number of rotatable bonds is 7. The summed E-state index contributed by atoms with van der Waals surface area (Å²) in [6, 6.07) is 40.2. The Morgan fingerprint density at radius 3 is 1.46 bits per heavy atom. The molecule has 0 saturated heterocycles. The second kappa shape index (κ2) is 12.9. The fourth-order valence-electron chi connectivity index (χ4n) is 6.49. The molecule has 1 aliphatic carbocycles. The van der Waals surface area contributed by atoms with Crippen LogP contribution in [0.5, 0.6) is 0 Å². The quantitative estimate of drug-likeness (QED) is 0.166. The average molecular weight is 626 g/mol. The molecule has 1 unspecified atom stereocenters. The summed E-state index contributed by atoms with van der Waals surface area (Å²) in [6.07, 6.45) is 11.4. The molecule has 0 spiro atoms. The van der Waals surface area contributed by atoms with Gasteiger partial charge >= 0.3 is 0 Å². The maximum absolute atomic E-state index is 13.7. The van der Waals surface area contributed by atoms with E-state index in [0.29, 0.717) is 34.3 Å². The first kappa shape index (κ1) is 30.0. The summed E-state index contributed by atoms with van der Waals surface area (Å²) in [4.78, 5) is 14.2. The first-order chi connectivity index (χ1) is 22.5. The van der Waals surface area contributed by atoms with E-state index < -0.39 is 6.89 Å². The highest BCUT2D eigenvalue weighted by Gasteiger charge is 2.31. The van der Waals surface area contributed by atoms with Crippen LogP contribution in [0.3, 0.4) is 0 Å². The van der Waals surface area contributed by atoms with E-state index in [4.69, 9.17) is 16.3 Å². The van der Waals surface area contributed by atoms with Gasteiger partial charge in [0.25, 0.3) is 0 Å². The van der Waals surface area contributed by atoms with E-state index in [-0.39, 0.29) is 11.6 Å². The van der Waals surface area contributed by atoms with Gasteiger partial charge in [0, 0.05) is 16.7 Å². The van der Waals surface area contributed by atoms with E-state index in [1.165, 1.54) is 67.0 Å². The molecule has 1 fully saturated rings. The summed E-state index contributed by atoms with van der Waals surface area (Å²) in [6.45, 7) is -1.85. The Kier molecular flexibility index (Phi) is 8.43. The molecule has 0 radical (unpaired) electrons. The van der Waals surface area contributed by atoms with Gasteiger partial charge in [-0.15, -0.1) is 0 Å². The van der Waals surface area contributed by atoms with Crippen LogP contribution in [0, 0.1) is 11.6 Å². The Hall–Kier alpha value is -4.73. The average Bonchev–Trinajstić information content (AvgIpc) is 3.12. The van der Waals surface area contributed by atoms with Crippen molar-refractivity contribution in [3.63, 3.8) is 0 Å². The lowest BCUT2D eigenvalue weighted by atomic mass is 10.0. The third kappa shape index (κ3) is 6.08. The van der Waals surface area contributed by atoms with Gasteiger partial charge in [-0.25, -0.2) is 23.7 Å². The SMILES string of the molecule is C=P(c1ccccc1)(c1cccc(-c2ccc(-c3nc(-c4ccc(F)cc4)nc(-c4ccc(F)cc4)n3)cc2)c1)C1CCCCC1. The monoisotopic (exact) mass is 625 g/mol. The summed E-state index contributed by atoms with van der Waals surface area (Å²) >= 11 is 0. The third-order valence-electron chi connectivity index (χ3n) is 9.04. The molecule has 46 heavy (non-hydrogen) atoms. The van der Waals surface area contributed by atoms with Crippen LogP contribution < -0.4 is 10.6 Å². The molecule has 0 amide bonds. The zero-order valence-corrected chi connectivity index (χ0v) is 26.4. The summed E-state index contributed by atoms with van der Waals surface area (Å²) in [5.74, 6) is 0.647. The van der Waals surface area contributed by atoms with Crippen molar-refractivity contribution < 1.29 is 8.78 Å². The van der Waals surface area contributed by atoms with Crippen LogP contribution in [0.25, 0.3) is 45.3 Å². The van der Waals surface area contributed by atoms with E-state index in [1.807, 2.05) is 12.1 Å². The van der Waals surface area contributed by atoms with Crippen LogP contribution in [0.2, 0.25) is 0 Å². The van der Waals surface area contributed by atoms with Gasteiger partial charge in [0.1, 0.15) is 11.6 Å². The Balaban J connectivity index is 1.26. The lowest BCUT2D eigenvalue weighted by molar-refractivity contribution is 0.512. The summed E-state index contributed by atoms with van der Waals surface area (Å²) in [5, 5.41) is 2.72. The van der Waals surface area contributed by atoms with Crippen molar-refractivity contribution in [2.45, 2.75) is 37.8 Å². The van der Waals surface area contributed by atoms with E-state index in [9.17, 15) is 8.78 Å². The Labute approximate surface area is 269 Å². The minimum atomic E-state index is -1.85. The second-order valence-corrected chi connectivity index (χ2v) is 15.4. The molecule has 6 heteroatoms. The normalized spacial score (nSPS) is 14.9. The van der Waals surface area contributed by atoms with Crippen LogP contribution in [0.1, 0.15) is 32.1 Å². The van der Waals surface area contributed by atoms with E-state index in [1.54, 1.807) is 24.3 Å². The molecule has 1 atom stereocenters. The van der Waals surface area contributed by atoms with E-state index >= 15 is 0 Å². The Bertz CT molecular complexity index is 1940. The maximum atomic E-state index is 13.7. The summed E-state index contributed by atoms with van der Waals surface area (Å²) < 4.78 is 27.4. The Morgan fingerprint density at radius 1 is 0.478 bits per heavy atom. The molecule has 0 aliphatic heterocycles. The number of halogens is 2. The van der Waals surface area contributed by atoms with Crippen molar-refractivity contribution >= 4 is 23.8 Å². The number of nitrogens with zero attached hydrogens (tertiary/aromatic N) is 3. The Morgan fingerprint density at radius 2 is 0.935 bits per heavy atom. The largest absolute Gasteiger partial charge is 0.208 e. The summed E-state index contributed by atoms with van der Waals surface area (Å²) in [7, 11) is 0. The fraction of sp³-hybridized carbons (Fsp3) is 0.150. The van der Waals surface area contributed by atoms with Crippen LogP contribution in [0.4, 0.5) is 8.78 Å². The zero-order chi connectivity index (χ0) is 31.5. The minimum Gasteiger partial charge on any atom is -0.208 e. The summed E-state index contributed by atoms with van der Waals surface area (Å²) in [5.41, 5.74) is 4.99. The van der Waals surface area contributed by atoms with Crippen molar-refractivity contribution in [3.05, 3.63) is 139 Å². The molecule has 7 rings (SSSR count). The highest BCUT2D eigenvalue weighted by molar-refractivity contribution is 7.87. The first-order valence-corrected chi connectivity index (χ1v) is 17.8. The smallest absolute Gasteiger partial charge is 0.164 e. The number of benzene rings is 5. The van der Waals surface area contributed by atoms with Crippen molar-refractivity contribution in [3.8, 4) is 45.3 Å². The minimum absolute atomic E-state index is 0.336. The second-order valence-electron chi connectivity index (χ2n) is 11.9. The van der Waals surface area contributed by atoms with Gasteiger partial charge in [0.15, 0.2) is 17.5 Å². The molecule has 3 nitrogen and oxygen atoms in total. The first-order valence-electron chi connectivity index (χ1n) is 15.8. The van der Waals surface area contributed by atoms with Crippen molar-refractivity contribution in [1.82, 2.24) is 15.0 Å². The molecular formula is C40H34F2N3P. The van der Waals surface area contributed by atoms with Crippen LogP contribution in [-0.2, 0) is 0 Å². The molecule has 5 aromatic carbocycles. The fourth-order valence-corrected chi connectivity index (χ4v) is 10.3. The van der Waals surface area contributed by atoms with Crippen molar-refractivity contribution in [1.29, 1.82) is 0 Å². The van der Waals surface area contributed by atoms with Gasteiger partial charge in [-0.1, -0.05) is 105 Å². The molecule has 1 aromatic heterocycles. The lowest BCUT2D eigenvalue weighted by Gasteiger charge is -2.37. The molecule has 0 bridgehead atoms.